The molecule has 0 aromatic heterocycles. The van der Waals surface area contributed by atoms with Crippen molar-refractivity contribution in [2.75, 3.05) is 11.0 Å². The number of ether oxygens (including phenoxy) is 1. The van der Waals surface area contributed by atoms with Crippen molar-refractivity contribution >= 4 is 33.4 Å². The number of hydrogen-bond acceptors (Lipinski definition) is 1. The molecule has 0 radical (unpaired) electrons. The van der Waals surface area contributed by atoms with Crippen LogP contribution in [0.15, 0.2) is 42.5 Å². The maximum atomic E-state index is 5.56. The molecule has 0 aliphatic rings. The molecule has 0 unspecified atom stereocenters. The van der Waals surface area contributed by atoms with E-state index in [4.69, 9.17) is 4.74 Å². The normalized spacial score (nSPS) is 10.4. The van der Waals surface area contributed by atoms with E-state index >= 15 is 0 Å². The third-order valence-corrected chi connectivity index (χ3v) is 2.51. The predicted octanol–water partition coefficient (Wildman–Crippen LogP) is 3.65. The summed E-state index contributed by atoms with van der Waals surface area (Å²) < 4.78 is 6.57. The molecule has 2 heteroatoms. The second kappa shape index (κ2) is 4.64. The van der Waals surface area contributed by atoms with Crippen LogP contribution in [-0.2, 0) is 0 Å². The molecule has 0 N–H and O–H groups in total. The summed E-state index contributed by atoms with van der Waals surface area (Å²) in [6.45, 7) is 0.777. The van der Waals surface area contributed by atoms with E-state index in [-0.39, 0.29) is 0 Å². The minimum Gasteiger partial charge on any atom is -0.493 e. The number of halogens is 1. The smallest absolute Gasteiger partial charge is 0.119 e. The van der Waals surface area contributed by atoms with Gasteiger partial charge in [-0.05, 0) is 22.9 Å². The van der Waals surface area contributed by atoms with Crippen LogP contribution in [-0.4, -0.2) is 11.0 Å². The molecule has 0 aliphatic heterocycles. The van der Waals surface area contributed by atoms with Gasteiger partial charge in [-0.3, -0.25) is 0 Å². The van der Waals surface area contributed by atoms with Crippen molar-refractivity contribution in [2.45, 2.75) is 0 Å². The molecule has 0 aliphatic carbocycles. The Balaban J connectivity index is 2.32. The van der Waals surface area contributed by atoms with Gasteiger partial charge in [0.1, 0.15) is 5.75 Å². The molecule has 0 bridgehead atoms. The predicted molar refractivity (Wildman–Crippen MR) is 68.3 cm³/mol. The van der Waals surface area contributed by atoms with E-state index in [1.165, 1.54) is 10.8 Å². The Kier molecular flexibility index (Phi) is 3.24. The van der Waals surface area contributed by atoms with Crippen molar-refractivity contribution in [1.29, 1.82) is 0 Å². The van der Waals surface area contributed by atoms with E-state index in [0.717, 1.165) is 16.8 Å². The lowest BCUT2D eigenvalue weighted by molar-refractivity contribution is 0.347. The zero-order valence-electron chi connectivity index (χ0n) is 7.74. The topological polar surface area (TPSA) is 9.23 Å². The number of rotatable bonds is 3. The van der Waals surface area contributed by atoms with Gasteiger partial charge in [-0.25, -0.2) is 0 Å². The van der Waals surface area contributed by atoms with Gasteiger partial charge in [-0.15, -0.1) is 0 Å². The monoisotopic (exact) mass is 298 g/mol. The highest BCUT2D eigenvalue weighted by Gasteiger charge is 1.95. The third kappa shape index (κ3) is 2.18. The lowest BCUT2D eigenvalue weighted by Crippen LogP contribution is -1.97. The number of hydrogen-bond donors (Lipinski definition) is 0. The van der Waals surface area contributed by atoms with Crippen LogP contribution in [0.4, 0.5) is 0 Å². The lowest BCUT2D eigenvalue weighted by Gasteiger charge is -2.04. The fraction of sp³-hybridized carbons (Fsp3) is 0.167. The quantitative estimate of drug-likeness (QED) is 0.621. The van der Waals surface area contributed by atoms with Gasteiger partial charge in [0, 0.05) is 4.43 Å². The van der Waals surface area contributed by atoms with Crippen LogP contribution in [0, 0.1) is 0 Å². The fourth-order valence-electron chi connectivity index (χ4n) is 1.41. The van der Waals surface area contributed by atoms with Crippen LogP contribution in [0.5, 0.6) is 5.75 Å². The molecule has 0 amide bonds. The zero-order valence-corrected chi connectivity index (χ0v) is 9.90. The van der Waals surface area contributed by atoms with Gasteiger partial charge in [0.2, 0.25) is 0 Å². The fourth-order valence-corrected chi connectivity index (χ4v) is 1.63. The van der Waals surface area contributed by atoms with Crippen LogP contribution >= 0.6 is 22.6 Å². The van der Waals surface area contributed by atoms with Gasteiger partial charge in [0.05, 0.1) is 6.61 Å². The molecule has 0 heterocycles. The van der Waals surface area contributed by atoms with Gasteiger partial charge in [-0.2, -0.15) is 0 Å². The number of fused-ring (bicyclic) bond motifs is 1. The van der Waals surface area contributed by atoms with Crippen molar-refractivity contribution in [3.8, 4) is 5.75 Å². The highest BCUT2D eigenvalue weighted by atomic mass is 127. The Labute approximate surface area is 97.2 Å². The first-order valence-corrected chi connectivity index (χ1v) is 6.10. The number of alkyl halides is 1. The summed E-state index contributed by atoms with van der Waals surface area (Å²) in [5.74, 6) is 0.959. The standard InChI is InChI=1S/C12H11IO/c13-7-8-14-12-6-5-10-3-1-2-4-11(10)9-12/h1-6,9H,7-8H2. The minimum absolute atomic E-state index is 0.777. The van der Waals surface area contributed by atoms with Crippen LogP contribution in [0.2, 0.25) is 0 Å². The summed E-state index contributed by atoms with van der Waals surface area (Å²) in [4.78, 5) is 0. The van der Waals surface area contributed by atoms with Gasteiger partial charge in [0.15, 0.2) is 0 Å². The maximum Gasteiger partial charge on any atom is 0.119 e. The largest absolute Gasteiger partial charge is 0.493 e. The van der Waals surface area contributed by atoms with Crippen molar-refractivity contribution in [2.24, 2.45) is 0 Å². The first kappa shape index (κ1) is 9.77. The van der Waals surface area contributed by atoms with E-state index in [1.807, 2.05) is 18.2 Å². The minimum atomic E-state index is 0.777. The molecule has 72 valence electrons. The van der Waals surface area contributed by atoms with Crippen molar-refractivity contribution in [3.63, 3.8) is 0 Å². The van der Waals surface area contributed by atoms with Crippen molar-refractivity contribution < 1.29 is 4.74 Å². The molecule has 1 nitrogen and oxygen atoms in total. The Morgan fingerprint density at radius 2 is 1.79 bits per heavy atom. The molecule has 2 rings (SSSR count). The highest BCUT2D eigenvalue weighted by molar-refractivity contribution is 14.1. The summed E-state index contributed by atoms with van der Waals surface area (Å²) >= 11 is 2.31. The lowest BCUT2D eigenvalue weighted by atomic mass is 10.1. The van der Waals surface area contributed by atoms with Crippen molar-refractivity contribution in [1.82, 2.24) is 0 Å². The van der Waals surface area contributed by atoms with E-state index in [2.05, 4.69) is 46.9 Å². The van der Waals surface area contributed by atoms with E-state index in [9.17, 15) is 0 Å². The van der Waals surface area contributed by atoms with Gasteiger partial charge >= 0.3 is 0 Å². The molecule has 0 atom stereocenters. The molecule has 2 aromatic carbocycles. The Morgan fingerprint density at radius 3 is 2.57 bits per heavy atom. The van der Waals surface area contributed by atoms with Crippen LogP contribution in [0.1, 0.15) is 0 Å². The molecular weight excluding hydrogens is 287 g/mol. The average molecular weight is 298 g/mol. The Morgan fingerprint density at radius 1 is 1.00 bits per heavy atom. The van der Waals surface area contributed by atoms with E-state index < -0.39 is 0 Å². The van der Waals surface area contributed by atoms with Crippen LogP contribution in [0.3, 0.4) is 0 Å². The summed E-state index contributed by atoms with van der Waals surface area (Å²) in [6, 6.07) is 14.5. The molecule has 2 aromatic rings. The van der Waals surface area contributed by atoms with E-state index in [0.29, 0.717) is 0 Å². The van der Waals surface area contributed by atoms with Crippen LogP contribution in [0.25, 0.3) is 10.8 Å². The first-order chi connectivity index (χ1) is 6.90. The van der Waals surface area contributed by atoms with Gasteiger partial charge in [0.25, 0.3) is 0 Å². The second-order valence-electron chi connectivity index (χ2n) is 3.05. The molecule has 0 saturated carbocycles. The van der Waals surface area contributed by atoms with Gasteiger partial charge in [-0.1, -0.05) is 52.9 Å². The SMILES string of the molecule is ICCOc1ccc2ccccc2c1. The third-order valence-electron chi connectivity index (χ3n) is 2.07. The molecule has 0 spiro atoms. The summed E-state index contributed by atoms with van der Waals surface area (Å²) in [6.07, 6.45) is 0. The van der Waals surface area contributed by atoms with Crippen LogP contribution < -0.4 is 4.74 Å². The molecule has 0 saturated heterocycles. The summed E-state index contributed by atoms with van der Waals surface area (Å²) in [7, 11) is 0. The van der Waals surface area contributed by atoms with Gasteiger partial charge < -0.3 is 4.74 Å². The summed E-state index contributed by atoms with van der Waals surface area (Å²) in [5.41, 5.74) is 0. The zero-order chi connectivity index (χ0) is 9.80. The van der Waals surface area contributed by atoms with E-state index in [1.54, 1.807) is 0 Å². The van der Waals surface area contributed by atoms with Crippen molar-refractivity contribution in [3.05, 3.63) is 42.5 Å². The summed E-state index contributed by atoms with van der Waals surface area (Å²) in [5, 5.41) is 2.49. The maximum absolute atomic E-state index is 5.56. The first-order valence-electron chi connectivity index (χ1n) is 4.58. The average Bonchev–Trinajstić information content (AvgIpc) is 2.26. The molecule has 0 fully saturated rings. The molecular formula is C12H11IO. The number of benzene rings is 2. The Bertz CT molecular complexity index is 425. The Hall–Kier alpha value is -0.770. The highest BCUT2D eigenvalue weighted by Crippen LogP contribution is 2.20. The molecule has 14 heavy (non-hydrogen) atoms. The second-order valence-corrected chi connectivity index (χ2v) is 4.13.